The van der Waals surface area contributed by atoms with Gasteiger partial charge in [-0.25, -0.2) is 4.79 Å². The molecule has 8 nitrogen and oxygen atoms in total. The van der Waals surface area contributed by atoms with Crippen LogP contribution in [-0.4, -0.2) is 51.4 Å². The lowest BCUT2D eigenvalue weighted by atomic mass is 10.1. The third kappa shape index (κ3) is 4.71. The Bertz CT molecular complexity index is 290. The lowest BCUT2D eigenvalue weighted by molar-refractivity contribution is -0.145. The number of hydrogen-bond acceptors (Lipinski definition) is 5. The summed E-state index contributed by atoms with van der Waals surface area (Å²) >= 11 is 0. The zero-order valence-corrected chi connectivity index (χ0v) is 8.58. The van der Waals surface area contributed by atoms with Crippen LogP contribution in [0.3, 0.4) is 0 Å². The summed E-state index contributed by atoms with van der Waals surface area (Å²) < 4.78 is 0. The quantitative estimate of drug-likeness (QED) is 0.348. The van der Waals surface area contributed by atoms with Crippen molar-refractivity contribution in [3.05, 3.63) is 0 Å². The topological polar surface area (TPSA) is 150 Å². The van der Waals surface area contributed by atoms with E-state index in [9.17, 15) is 14.4 Å². The average molecular weight is 234 g/mol. The lowest BCUT2D eigenvalue weighted by Gasteiger charge is -2.18. The van der Waals surface area contributed by atoms with E-state index in [0.717, 1.165) is 0 Å². The summed E-state index contributed by atoms with van der Waals surface area (Å²) in [6.07, 6.45) is -1.92. The number of hydrogen-bond donors (Lipinski definition) is 5. The van der Waals surface area contributed by atoms with Crippen LogP contribution in [0.1, 0.15) is 13.3 Å². The number of carbonyl (C=O) groups excluding carboxylic acids is 1. The predicted octanol–water partition coefficient (Wildman–Crippen LogP) is -2.26. The lowest BCUT2D eigenvalue weighted by Crippen LogP contribution is -2.53. The van der Waals surface area contributed by atoms with Crippen LogP contribution < -0.4 is 11.1 Å². The van der Waals surface area contributed by atoms with E-state index in [0.29, 0.717) is 0 Å². The SMILES string of the molecule is C[C@@H](O)[C@H](NC(=O)C(N)CC(=O)O)C(=O)O. The van der Waals surface area contributed by atoms with E-state index >= 15 is 0 Å². The second kappa shape index (κ2) is 6.03. The fraction of sp³-hybridized carbons (Fsp3) is 0.625. The Balaban J connectivity index is 4.40. The van der Waals surface area contributed by atoms with Crippen LogP contribution in [-0.2, 0) is 14.4 Å². The number of rotatable bonds is 6. The zero-order valence-electron chi connectivity index (χ0n) is 8.58. The maximum atomic E-state index is 11.2. The van der Waals surface area contributed by atoms with Gasteiger partial charge in [-0.3, -0.25) is 9.59 Å². The van der Waals surface area contributed by atoms with Gasteiger partial charge >= 0.3 is 11.9 Å². The van der Waals surface area contributed by atoms with Crippen molar-refractivity contribution in [2.75, 3.05) is 0 Å². The molecule has 16 heavy (non-hydrogen) atoms. The third-order valence-corrected chi connectivity index (χ3v) is 1.78. The van der Waals surface area contributed by atoms with Gasteiger partial charge in [-0.05, 0) is 6.92 Å². The van der Waals surface area contributed by atoms with Gasteiger partial charge in [0.1, 0.15) is 0 Å². The highest BCUT2D eigenvalue weighted by molar-refractivity contribution is 5.89. The van der Waals surface area contributed by atoms with E-state index in [1.54, 1.807) is 0 Å². The molecule has 0 aromatic carbocycles. The van der Waals surface area contributed by atoms with E-state index in [-0.39, 0.29) is 0 Å². The van der Waals surface area contributed by atoms with Crippen LogP contribution >= 0.6 is 0 Å². The molecular formula is C8H14N2O6. The first-order chi connectivity index (χ1) is 7.25. The summed E-state index contributed by atoms with van der Waals surface area (Å²) in [4.78, 5) is 32.1. The number of carboxylic acid groups (broad SMARTS) is 2. The van der Waals surface area contributed by atoms with Crippen LogP contribution in [0.15, 0.2) is 0 Å². The van der Waals surface area contributed by atoms with E-state index in [4.69, 9.17) is 21.1 Å². The Hall–Kier alpha value is -1.67. The van der Waals surface area contributed by atoms with Gasteiger partial charge in [0, 0.05) is 0 Å². The van der Waals surface area contributed by atoms with Crippen LogP contribution in [0.4, 0.5) is 0 Å². The van der Waals surface area contributed by atoms with E-state index in [2.05, 4.69) is 0 Å². The van der Waals surface area contributed by atoms with Gasteiger partial charge in [0.05, 0.1) is 18.6 Å². The van der Waals surface area contributed by atoms with Gasteiger partial charge in [-0.15, -0.1) is 0 Å². The number of amides is 1. The van der Waals surface area contributed by atoms with Crippen molar-refractivity contribution in [2.45, 2.75) is 31.5 Å². The molecule has 0 aliphatic heterocycles. The van der Waals surface area contributed by atoms with Crippen molar-refractivity contribution < 1.29 is 29.7 Å². The molecule has 1 amide bonds. The molecule has 0 aromatic rings. The molecule has 0 saturated heterocycles. The minimum atomic E-state index is -1.51. The highest BCUT2D eigenvalue weighted by atomic mass is 16.4. The van der Waals surface area contributed by atoms with Crippen molar-refractivity contribution in [2.24, 2.45) is 5.73 Å². The number of aliphatic hydroxyl groups is 1. The number of aliphatic carboxylic acids is 2. The summed E-state index contributed by atoms with van der Waals surface area (Å²) in [5.74, 6) is -3.63. The molecule has 0 heterocycles. The Labute approximate surface area is 91.1 Å². The molecule has 92 valence electrons. The molecule has 0 bridgehead atoms. The standard InChI is InChI=1S/C8H14N2O6/c1-3(11)6(8(15)16)10-7(14)4(9)2-5(12)13/h3-4,6,11H,2,9H2,1H3,(H,10,14)(H,12,13)(H,15,16)/t3-,4?,6+/m1/s1. The normalized spacial score (nSPS) is 15.9. The molecule has 0 rings (SSSR count). The maximum Gasteiger partial charge on any atom is 0.328 e. The summed E-state index contributed by atoms with van der Waals surface area (Å²) in [6, 6.07) is -2.86. The highest BCUT2D eigenvalue weighted by Gasteiger charge is 2.27. The molecule has 8 heteroatoms. The Kier molecular flexibility index (Phi) is 5.40. The summed E-state index contributed by atoms with van der Waals surface area (Å²) in [5.41, 5.74) is 5.20. The molecule has 0 aliphatic rings. The van der Waals surface area contributed by atoms with Gasteiger partial charge < -0.3 is 26.4 Å². The smallest absolute Gasteiger partial charge is 0.328 e. The van der Waals surface area contributed by atoms with Gasteiger partial charge in [-0.2, -0.15) is 0 Å². The van der Waals surface area contributed by atoms with Crippen LogP contribution in [0.2, 0.25) is 0 Å². The third-order valence-electron chi connectivity index (χ3n) is 1.78. The van der Waals surface area contributed by atoms with Crippen LogP contribution in [0.25, 0.3) is 0 Å². The van der Waals surface area contributed by atoms with Crippen molar-refractivity contribution >= 4 is 17.8 Å². The number of carbonyl (C=O) groups is 3. The Morgan fingerprint density at radius 3 is 2.12 bits per heavy atom. The predicted molar refractivity (Wildman–Crippen MR) is 51.5 cm³/mol. The zero-order chi connectivity index (χ0) is 12.9. The van der Waals surface area contributed by atoms with Crippen LogP contribution in [0.5, 0.6) is 0 Å². The molecule has 1 unspecified atom stereocenters. The van der Waals surface area contributed by atoms with E-state index in [1.165, 1.54) is 6.92 Å². The van der Waals surface area contributed by atoms with Gasteiger partial charge in [0.15, 0.2) is 6.04 Å². The minimum absolute atomic E-state index is 0.613. The second-order valence-corrected chi connectivity index (χ2v) is 3.27. The summed E-state index contributed by atoms with van der Waals surface area (Å²) in [5, 5.41) is 28.0. The average Bonchev–Trinajstić information content (AvgIpc) is 2.11. The first-order valence-electron chi connectivity index (χ1n) is 4.44. The highest BCUT2D eigenvalue weighted by Crippen LogP contribution is 1.96. The Morgan fingerprint density at radius 2 is 1.81 bits per heavy atom. The molecule has 0 aromatic heterocycles. The molecule has 6 N–H and O–H groups in total. The summed E-state index contributed by atoms with van der Waals surface area (Å²) in [6.45, 7) is 1.18. The van der Waals surface area contributed by atoms with Crippen molar-refractivity contribution in [3.8, 4) is 0 Å². The van der Waals surface area contributed by atoms with Crippen molar-refractivity contribution in [3.63, 3.8) is 0 Å². The number of aliphatic hydroxyl groups excluding tert-OH is 1. The van der Waals surface area contributed by atoms with E-state index < -0.39 is 42.5 Å². The maximum absolute atomic E-state index is 11.2. The van der Waals surface area contributed by atoms with E-state index in [1.807, 2.05) is 5.32 Å². The van der Waals surface area contributed by atoms with Crippen molar-refractivity contribution in [1.82, 2.24) is 5.32 Å². The molecular weight excluding hydrogens is 220 g/mol. The van der Waals surface area contributed by atoms with Gasteiger partial charge in [0.2, 0.25) is 5.91 Å². The second-order valence-electron chi connectivity index (χ2n) is 3.27. The van der Waals surface area contributed by atoms with Crippen molar-refractivity contribution in [1.29, 1.82) is 0 Å². The number of nitrogens with one attached hydrogen (secondary N) is 1. The van der Waals surface area contributed by atoms with Gasteiger partial charge in [0.25, 0.3) is 0 Å². The monoisotopic (exact) mass is 234 g/mol. The molecule has 0 spiro atoms. The molecule has 0 radical (unpaired) electrons. The number of nitrogens with two attached hydrogens (primary N) is 1. The first-order valence-corrected chi connectivity index (χ1v) is 4.44. The molecule has 3 atom stereocenters. The summed E-state index contributed by atoms with van der Waals surface area (Å²) in [7, 11) is 0. The fourth-order valence-corrected chi connectivity index (χ4v) is 0.930. The Morgan fingerprint density at radius 1 is 1.31 bits per heavy atom. The van der Waals surface area contributed by atoms with Crippen LogP contribution in [0, 0.1) is 0 Å². The van der Waals surface area contributed by atoms with Gasteiger partial charge in [-0.1, -0.05) is 0 Å². The first kappa shape index (κ1) is 14.3. The molecule has 0 aliphatic carbocycles. The minimum Gasteiger partial charge on any atom is -0.481 e. The largest absolute Gasteiger partial charge is 0.481 e. The molecule has 0 saturated carbocycles. The molecule has 0 fully saturated rings. The fourth-order valence-electron chi connectivity index (χ4n) is 0.930. The number of carboxylic acids is 2.